The Morgan fingerprint density at radius 1 is 1.23 bits per heavy atom. The van der Waals surface area contributed by atoms with Gasteiger partial charge in [0.25, 0.3) is 0 Å². The molecule has 0 aliphatic rings. The molecule has 0 aliphatic carbocycles. The number of halogens is 2. The lowest BCUT2D eigenvalue weighted by molar-refractivity contribution is 0.264. The summed E-state index contributed by atoms with van der Waals surface area (Å²) in [5.74, 6) is -0.716. The van der Waals surface area contributed by atoms with Gasteiger partial charge >= 0.3 is 0 Å². The van der Waals surface area contributed by atoms with Crippen LogP contribution in [0.5, 0.6) is 0 Å². The molecular weight excluding hydrogens is 356 g/mol. The lowest BCUT2D eigenvalue weighted by Gasteiger charge is -2.11. The Morgan fingerprint density at radius 2 is 2.00 bits per heavy atom. The van der Waals surface area contributed by atoms with Crippen LogP contribution in [0.2, 0.25) is 0 Å². The highest BCUT2D eigenvalue weighted by Crippen LogP contribution is 2.31. The number of hydrogen-bond donors (Lipinski definition) is 2. The van der Waals surface area contributed by atoms with Crippen molar-refractivity contribution in [2.45, 2.75) is 13.2 Å². The highest BCUT2D eigenvalue weighted by atomic mass is 32.1. The zero-order valence-corrected chi connectivity index (χ0v) is 14.8. The average Bonchev–Trinajstić information content (AvgIpc) is 3.03. The van der Waals surface area contributed by atoms with Crippen LogP contribution in [0.1, 0.15) is 11.1 Å². The molecule has 0 saturated heterocycles. The van der Waals surface area contributed by atoms with Crippen molar-refractivity contribution in [2.75, 3.05) is 13.3 Å². The topological polar surface area (TPSA) is 64.1 Å². The number of pyridine rings is 1. The molecule has 4 nitrogen and oxygen atoms in total. The highest BCUT2D eigenvalue weighted by Gasteiger charge is 2.16. The van der Waals surface area contributed by atoms with Crippen LogP contribution in [0, 0.1) is 5.92 Å². The molecular formula is C19H19F2N3OS. The molecule has 7 heteroatoms. The largest absolute Gasteiger partial charge is 0.392 e. The van der Waals surface area contributed by atoms with Gasteiger partial charge in [-0.25, -0.2) is 0 Å². The number of hydrogen-bond acceptors (Lipinski definition) is 3. The molecule has 0 bridgehead atoms. The molecule has 2 heterocycles. The summed E-state index contributed by atoms with van der Waals surface area (Å²) >= 11 is 5.03. The molecule has 3 aromatic rings. The SMILES string of the molecule is NC(=S)c1ccnc(-c2cn(CC(CF)CF)c3cc(CO)ccc23)c1. The van der Waals surface area contributed by atoms with Crippen LogP contribution in [0.4, 0.5) is 8.78 Å². The van der Waals surface area contributed by atoms with Gasteiger partial charge in [-0.05, 0) is 23.8 Å². The fourth-order valence-electron chi connectivity index (χ4n) is 2.94. The molecule has 0 fully saturated rings. The van der Waals surface area contributed by atoms with Crippen molar-refractivity contribution in [2.24, 2.45) is 11.7 Å². The van der Waals surface area contributed by atoms with Gasteiger partial charge in [-0.3, -0.25) is 13.8 Å². The van der Waals surface area contributed by atoms with Gasteiger partial charge in [0.15, 0.2) is 0 Å². The van der Waals surface area contributed by atoms with Gasteiger partial charge in [0, 0.05) is 46.9 Å². The molecule has 26 heavy (non-hydrogen) atoms. The first-order valence-corrected chi connectivity index (χ1v) is 8.59. The number of nitrogens with zero attached hydrogens (tertiary/aromatic N) is 2. The molecule has 3 rings (SSSR count). The average molecular weight is 375 g/mol. The first kappa shape index (κ1) is 18.4. The Labute approximate surface area is 155 Å². The van der Waals surface area contributed by atoms with Crippen LogP contribution in [-0.2, 0) is 13.2 Å². The standard InChI is InChI=1S/C19H19F2N3OS/c20-7-13(8-21)9-24-10-16(15-2-1-12(11-25)5-18(15)24)17-6-14(19(22)26)3-4-23-17/h1-6,10,13,25H,7-9,11H2,(H2,22,26). The van der Waals surface area contributed by atoms with Crippen molar-refractivity contribution in [1.29, 1.82) is 0 Å². The summed E-state index contributed by atoms with van der Waals surface area (Å²) in [6.45, 7) is -1.38. The molecule has 1 aromatic carbocycles. The minimum atomic E-state index is -0.736. The van der Waals surface area contributed by atoms with Gasteiger partial charge in [0.05, 0.1) is 25.6 Å². The summed E-state index contributed by atoms with van der Waals surface area (Å²) in [5, 5.41) is 10.3. The van der Waals surface area contributed by atoms with E-state index in [1.54, 1.807) is 18.3 Å². The normalized spacial score (nSPS) is 11.4. The van der Waals surface area contributed by atoms with Crippen LogP contribution in [0.25, 0.3) is 22.2 Å². The monoisotopic (exact) mass is 375 g/mol. The molecule has 0 radical (unpaired) electrons. The maximum absolute atomic E-state index is 13.0. The van der Waals surface area contributed by atoms with E-state index in [2.05, 4.69) is 4.98 Å². The molecule has 0 atom stereocenters. The van der Waals surface area contributed by atoms with E-state index in [4.69, 9.17) is 18.0 Å². The third-order valence-corrected chi connectivity index (χ3v) is 4.58. The van der Waals surface area contributed by atoms with E-state index in [1.807, 2.05) is 29.0 Å². The zero-order chi connectivity index (χ0) is 18.7. The Balaban J connectivity index is 2.16. The van der Waals surface area contributed by atoms with Crippen LogP contribution in [0.3, 0.4) is 0 Å². The molecule has 0 aliphatic heterocycles. The fourth-order valence-corrected chi connectivity index (χ4v) is 3.07. The highest BCUT2D eigenvalue weighted by molar-refractivity contribution is 7.80. The van der Waals surface area contributed by atoms with Gasteiger partial charge < -0.3 is 15.4 Å². The molecule has 3 N–H and O–H groups in total. The van der Waals surface area contributed by atoms with Crippen molar-refractivity contribution in [1.82, 2.24) is 9.55 Å². The van der Waals surface area contributed by atoms with Crippen LogP contribution in [-0.4, -0.2) is 33.0 Å². The van der Waals surface area contributed by atoms with E-state index in [0.29, 0.717) is 11.3 Å². The first-order valence-electron chi connectivity index (χ1n) is 8.18. The molecule has 0 saturated carbocycles. The van der Waals surface area contributed by atoms with Gasteiger partial charge in [-0.1, -0.05) is 24.4 Å². The summed E-state index contributed by atoms with van der Waals surface area (Å²) in [6, 6.07) is 9.04. The molecule has 0 unspecified atom stereocenters. The third-order valence-electron chi connectivity index (χ3n) is 4.34. The summed E-state index contributed by atoms with van der Waals surface area (Å²) in [4.78, 5) is 4.66. The smallest absolute Gasteiger partial charge is 0.104 e. The van der Waals surface area contributed by atoms with Crippen molar-refractivity contribution in [3.05, 3.63) is 53.9 Å². The van der Waals surface area contributed by atoms with E-state index in [-0.39, 0.29) is 18.1 Å². The summed E-state index contributed by atoms with van der Waals surface area (Å²) in [7, 11) is 0. The number of thiocarbonyl (C=S) groups is 1. The van der Waals surface area contributed by atoms with E-state index >= 15 is 0 Å². The van der Waals surface area contributed by atoms with E-state index in [1.165, 1.54) is 0 Å². The lowest BCUT2D eigenvalue weighted by atomic mass is 10.1. The number of alkyl halides is 2. The second-order valence-corrected chi connectivity index (χ2v) is 6.61. The van der Waals surface area contributed by atoms with Crippen molar-refractivity contribution in [3.63, 3.8) is 0 Å². The van der Waals surface area contributed by atoms with Crippen LogP contribution in [0.15, 0.2) is 42.7 Å². The quantitative estimate of drug-likeness (QED) is 0.622. The van der Waals surface area contributed by atoms with Gasteiger partial charge in [-0.2, -0.15) is 0 Å². The second kappa shape index (κ2) is 7.88. The zero-order valence-electron chi connectivity index (χ0n) is 14.0. The van der Waals surface area contributed by atoms with E-state index in [9.17, 15) is 13.9 Å². The number of aromatic nitrogens is 2. The van der Waals surface area contributed by atoms with E-state index < -0.39 is 19.3 Å². The van der Waals surface area contributed by atoms with Crippen molar-refractivity contribution in [3.8, 4) is 11.3 Å². The maximum Gasteiger partial charge on any atom is 0.104 e. The predicted octanol–water partition coefficient (Wildman–Crippen LogP) is 3.39. The lowest BCUT2D eigenvalue weighted by Crippen LogP contribution is -2.14. The minimum absolute atomic E-state index is 0.110. The van der Waals surface area contributed by atoms with Crippen molar-refractivity contribution >= 4 is 28.1 Å². The van der Waals surface area contributed by atoms with Crippen LogP contribution < -0.4 is 5.73 Å². The van der Waals surface area contributed by atoms with Crippen LogP contribution >= 0.6 is 12.2 Å². The van der Waals surface area contributed by atoms with Gasteiger partial charge in [0.2, 0.25) is 0 Å². The summed E-state index contributed by atoms with van der Waals surface area (Å²) in [5.41, 5.74) is 9.42. The molecule has 2 aromatic heterocycles. The number of aliphatic hydroxyl groups excluding tert-OH is 1. The number of fused-ring (bicyclic) bond motifs is 1. The molecule has 0 spiro atoms. The maximum atomic E-state index is 13.0. The number of benzene rings is 1. The predicted molar refractivity (Wildman–Crippen MR) is 102 cm³/mol. The minimum Gasteiger partial charge on any atom is -0.392 e. The first-order chi connectivity index (χ1) is 12.6. The van der Waals surface area contributed by atoms with Crippen molar-refractivity contribution < 1.29 is 13.9 Å². The Morgan fingerprint density at radius 3 is 2.65 bits per heavy atom. The molecule has 0 amide bonds. The fraction of sp³-hybridized carbons (Fsp3) is 0.263. The summed E-state index contributed by atoms with van der Waals surface area (Å²) < 4.78 is 27.9. The number of nitrogens with two attached hydrogens (primary N) is 1. The Hall–Kier alpha value is -2.38. The number of aliphatic hydroxyl groups is 1. The summed E-state index contributed by atoms with van der Waals surface area (Å²) in [6.07, 6.45) is 3.46. The number of rotatable bonds is 7. The Kier molecular flexibility index (Phi) is 5.58. The second-order valence-electron chi connectivity index (χ2n) is 6.17. The molecule has 136 valence electrons. The van der Waals surface area contributed by atoms with Gasteiger partial charge in [-0.15, -0.1) is 0 Å². The van der Waals surface area contributed by atoms with Gasteiger partial charge in [0.1, 0.15) is 4.99 Å². The Bertz CT molecular complexity index is 938. The van der Waals surface area contributed by atoms with E-state index in [0.717, 1.165) is 22.0 Å². The third kappa shape index (κ3) is 3.59.